The molecule has 9 heteroatoms. The molecule has 0 aliphatic carbocycles. The van der Waals surface area contributed by atoms with Crippen molar-refractivity contribution in [1.82, 2.24) is 4.57 Å². The highest BCUT2D eigenvalue weighted by Crippen LogP contribution is 2.40. The van der Waals surface area contributed by atoms with Crippen LogP contribution in [-0.4, -0.2) is 38.5 Å². The standard InChI is InChI=1S/C30H28N2O6S/c1-6-38-29(34)25-17(2)31-30-32(27(25)26-20-10-8-7-9-19(20)12-14-22(26)36-4)28(33)24(39-30)16-18-11-13-21(35-3)23(15-18)37-5/h7-16,27H,6H2,1-5H3/b24-16-/t27-/m1/s1. The van der Waals surface area contributed by atoms with E-state index in [0.717, 1.165) is 16.3 Å². The van der Waals surface area contributed by atoms with Crippen molar-refractivity contribution in [1.29, 1.82) is 0 Å². The van der Waals surface area contributed by atoms with Gasteiger partial charge >= 0.3 is 5.97 Å². The van der Waals surface area contributed by atoms with E-state index in [2.05, 4.69) is 4.99 Å². The molecule has 5 rings (SSSR count). The molecule has 0 fully saturated rings. The number of aromatic nitrogens is 1. The molecule has 1 atom stereocenters. The molecule has 0 saturated heterocycles. The lowest BCUT2D eigenvalue weighted by molar-refractivity contribution is -0.139. The molecule has 0 amide bonds. The largest absolute Gasteiger partial charge is 0.496 e. The first-order valence-corrected chi connectivity index (χ1v) is 13.2. The van der Waals surface area contributed by atoms with Crippen molar-refractivity contribution in [3.63, 3.8) is 0 Å². The number of carbonyl (C=O) groups excluding carboxylic acids is 1. The van der Waals surface area contributed by atoms with E-state index in [1.165, 1.54) is 11.3 Å². The van der Waals surface area contributed by atoms with Crippen molar-refractivity contribution in [2.24, 2.45) is 4.99 Å². The molecule has 1 aromatic heterocycles. The number of rotatable bonds is 7. The average Bonchev–Trinajstić information content (AvgIpc) is 3.25. The van der Waals surface area contributed by atoms with E-state index in [4.69, 9.17) is 18.9 Å². The molecule has 1 aliphatic heterocycles. The smallest absolute Gasteiger partial charge is 0.338 e. The van der Waals surface area contributed by atoms with E-state index < -0.39 is 12.0 Å². The average molecular weight is 545 g/mol. The van der Waals surface area contributed by atoms with Gasteiger partial charge in [-0.25, -0.2) is 9.79 Å². The number of fused-ring (bicyclic) bond motifs is 2. The minimum absolute atomic E-state index is 0.193. The molecule has 200 valence electrons. The summed E-state index contributed by atoms with van der Waals surface area (Å²) in [5, 5.41) is 1.83. The van der Waals surface area contributed by atoms with Crippen LogP contribution in [0.1, 0.15) is 31.0 Å². The molecule has 0 radical (unpaired) electrons. The Morgan fingerprint density at radius 2 is 1.72 bits per heavy atom. The van der Waals surface area contributed by atoms with Crippen molar-refractivity contribution < 1.29 is 23.7 Å². The minimum atomic E-state index is -0.797. The normalized spacial score (nSPS) is 15.1. The van der Waals surface area contributed by atoms with Gasteiger partial charge in [0.25, 0.3) is 5.56 Å². The van der Waals surface area contributed by atoms with Crippen LogP contribution in [-0.2, 0) is 9.53 Å². The second kappa shape index (κ2) is 10.8. The molecule has 0 spiro atoms. The first kappa shape index (κ1) is 26.2. The second-order valence-electron chi connectivity index (χ2n) is 8.82. The highest BCUT2D eigenvalue weighted by molar-refractivity contribution is 7.07. The fraction of sp³-hybridized carbons (Fsp3) is 0.233. The number of allylic oxidation sites excluding steroid dienone is 1. The second-order valence-corrected chi connectivity index (χ2v) is 9.83. The quantitative estimate of drug-likeness (QED) is 0.327. The van der Waals surface area contributed by atoms with E-state index in [1.54, 1.807) is 58.0 Å². The zero-order valence-electron chi connectivity index (χ0n) is 22.3. The number of ether oxygens (including phenoxy) is 4. The van der Waals surface area contributed by atoms with Gasteiger partial charge in [0.05, 0.1) is 43.7 Å². The summed E-state index contributed by atoms with van der Waals surface area (Å²) >= 11 is 1.26. The van der Waals surface area contributed by atoms with E-state index in [9.17, 15) is 9.59 Å². The Morgan fingerprint density at radius 1 is 1.00 bits per heavy atom. The zero-order valence-corrected chi connectivity index (χ0v) is 23.1. The number of thiazole rings is 1. The first-order chi connectivity index (χ1) is 18.9. The van der Waals surface area contributed by atoms with Crippen LogP contribution in [0.3, 0.4) is 0 Å². The number of hydrogen-bond donors (Lipinski definition) is 0. The third kappa shape index (κ3) is 4.59. The van der Waals surface area contributed by atoms with Crippen LogP contribution in [0.25, 0.3) is 16.8 Å². The Bertz CT molecular complexity index is 1800. The van der Waals surface area contributed by atoms with Crippen molar-refractivity contribution in [3.8, 4) is 17.2 Å². The van der Waals surface area contributed by atoms with E-state index in [0.29, 0.717) is 43.4 Å². The third-order valence-electron chi connectivity index (χ3n) is 6.65. The molecule has 8 nitrogen and oxygen atoms in total. The molecule has 0 saturated carbocycles. The van der Waals surface area contributed by atoms with Gasteiger partial charge in [-0.3, -0.25) is 9.36 Å². The van der Waals surface area contributed by atoms with Crippen LogP contribution in [0, 0.1) is 0 Å². The molecule has 1 aliphatic rings. The zero-order chi connectivity index (χ0) is 27.7. The van der Waals surface area contributed by atoms with Gasteiger partial charge in [0.15, 0.2) is 16.3 Å². The highest BCUT2D eigenvalue weighted by atomic mass is 32.1. The minimum Gasteiger partial charge on any atom is -0.496 e. The molecular weight excluding hydrogens is 516 g/mol. The van der Waals surface area contributed by atoms with Gasteiger partial charge in [-0.05, 0) is 54.5 Å². The summed E-state index contributed by atoms with van der Waals surface area (Å²) < 4.78 is 24.0. The number of methoxy groups -OCH3 is 3. The Kier molecular flexibility index (Phi) is 7.26. The van der Waals surface area contributed by atoms with Crippen LogP contribution in [0.2, 0.25) is 0 Å². The number of benzene rings is 3. The van der Waals surface area contributed by atoms with Crippen molar-refractivity contribution in [2.45, 2.75) is 19.9 Å². The Balaban J connectivity index is 1.81. The summed E-state index contributed by atoms with van der Waals surface area (Å²) in [4.78, 5) is 32.6. The van der Waals surface area contributed by atoms with Crippen LogP contribution < -0.4 is 29.1 Å². The Morgan fingerprint density at radius 3 is 2.44 bits per heavy atom. The summed E-state index contributed by atoms with van der Waals surface area (Å²) in [6.07, 6.45) is 1.78. The van der Waals surface area contributed by atoms with Crippen LogP contribution in [0.4, 0.5) is 0 Å². The topological polar surface area (TPSA) is 88.4 Å². The van der Waals surface area contributed by atoms with Crippen molar-refractivity contribution in [2.75, 3.05) is 27.9 Å². The van der Waals surface area contributed by atoms with Crippen LogP contribution in [0.15, 0.2) is 75.7 Å². The molecule has 0 N–H and O–H groups in total. The van der Waals surface area contributed by atoms with Crippen LogP contribution >= 0.6 is 11.3 Å². The molecule has 0 bridgehead atoms. The maximum absolute atomic E-state index is 14.1. The van der Waals surface area contributed by atoms with E-state index >= 15 is 0 Å². The predicted octanol–water partition coefficient (Wildman–Crippen LogP) is 3.98. The van der Waals surface area contributed by atoms with Crippen molar-refractivity contribution >= 4 is 34.2 Å². The summed E-state index contributed by atoms with van der Waals surface area (Å²) in [6, 6.07) is 16.3. The maximum Gasteiger partial charge on any atom is 0.338 e. The predicted molar refractivity (Wildman–Crippen MR) is 150 cm³/mol. The molecule has 4 aromatic rings. The van der Waals surface area contributed by atoms with Crippen LogP contribution in [0.5, 0.6) is 17.2 Å². The molecule has 39 heavy (non-hydrogen) atoms. The number of esters is 1. The third-order valence-corrected chi connectivity index (χ3v) is 7.63. The maximum atomic E-state index is 14.1. The summed E-state index contributed by atoms with van der Waals surface area (Å²) in [6.45, 7) is 3.71. The molecule has 2 heterocycles. The highest BCUT2D eigenvalue weighted by Gasteiger charge is 2.36. The van der Waals surface area contributed by atoms with E-state index in [-0.39, 0.29) is 12.2 Å². The van der Waals surface area contributed by atoms with Crippen molar-refractivity contribution in [3.05, 3.63) is 96.7 Å². The number of hydrogen-bond acceptors (Lipinski definition) is 8. The monoisotopic (exact) mass is 544 g/mol. The Labute approximate surface area is 229 Å². The lowest BCUT2D eigenvalue weighted by atomic mass is 9.90. The number of nitrogens with zero attached hydrogens (tertiary/aromatic N) is 2. The Hall–Kier alpha value is -4.37. The lowest BCUT2D eigenvalue weighted by Crippen LogP contribution is -2.40. The molecular formula is C30H28N2O6S. The summed E-state index contributed by atoms with van der Waals surface area (Å²) in [7, 11) is 4.71. The van der Waals surface area contributed by atoms with E-state index in [1.807, 2.05) is 42.5 Å². The van der Waals surface area contributed by atoms with Gasteiger partial charge in [0, 0.05) is 5.56 Å². The molecule has 3 aromatic carbocycles. The molecule has 0 unspecified atom stereocenters. The fourth-order valence-electron chi connectivity index (χ4n) is 4.89. The SMILES string of the molecule is CCOC(=O)C1=C(C)N=c2s/c(=C\c3ccc(OC)c(OC)c3)c(=O)n2[C@H]1c1c(OC)ccc2ccccc12. The van der Waals surface area contributed by atoms with Gasteiger partial charge in [-0.15, -0.1) is 0 Å². The lowest BCUT2D eigenvalue weighted by Gasteiger charge is -2.27. The summed E-state index contributed by atoms with van der Waals surface area (Å²) in [5.74, 6) is 1.18. The number of carbonyl (C=O) groups is 1. The van der Waals surface area contributed by atoms with Gasteiger partial charge in [-0.1, -0.05) is 47.7 Å². The van der Waals surface area contributed by atoms with Gasteiger partial charge in [0.2, 0.25) is 0 Å². The first-order valence-electron chi connectivity index (χ1n) is 12.4. The van der Waals surface area contributed by atoms with Gasteiger partial charge < -0.3 is 18.9 Å². The van der Waals surface area contributed by atoms with Gasteiger partial charge in [0.1, 0.15) is 11.8 Å². The fourth-order valence-corrected chi connectivity index (χ4v) is 5.94. The van der Waals surface area contributed by atoms with Gasteiger partial charge in [-0.2, -0.15) is 0 Å². The summed E-state index contributed by atoms with van der Waals surface area (Å²) in [5.41, 5.74) is 1.98.